The van der Waals surface area contributed by atoms with Crippen LogP contribution in [0.2, 0.25) is 0 Å². The van der Waals surface area contributed by atoms with Gasteiger partial charge in [0, 0.05) is 30.4 Å². The van der Waals surface area contributed by atoms with Gasteiger partial charge in [-0.1, -0.05) is 30.3 Å². The number of carbonyl (C=O) groups excluding carboxylic acids is 1. The zero-order valence-corrected chi connectivity index (χ0v) is 16.5. The first-order valence-electron chi connectivity index (χ1n) is 9.96. The molecule has 29 heavy (non-hydrogen) atoms. The zero-order chi connectivity index (χ0) is 20.1. The Balaban J connectivity index is 1.62. The maximum atomic E-state index is 11.8. The molecule has 2 heterocycles. The summed E-state index contributed by atoms with van der Waals surface area (Å²) in [6, 6.07) is 19.3. The highest BCUT2D eigenvalue weighted by atomic mass is 16.5. The monoisotopic (exact) mass is 388 g/mol. The molecule has 0 aliphatic carbocycles. The highest BCUT2D eigenvalue weighted by molar-refractivity contribution is 5.89. The lowest BCUT2D eigenvalue weighted by atomic mass is 10.1. The van der Waals surface area contributed by atoms with Crippen molar-refractivity contribution in [3.05, 3.63) is 66.2 Å². The van der Waals surface area contributed by atoms with Crippen molar-refractivity contribution in [2.24, 2.45) is 0 Å². The Kier molecular flexibility index (Phi) is 5.70. The number of hydrogen-bond acceptors (Lipinski definition) is 6. The highest BCUT2D eigenvalue weighted by Gasteiger charge is 2.17. The number of hydrogen-bond donors (Lipinski definition) is 1. The van der Waals surface area contributed by atoms with Gasteiger partial charge >= 0.3 is 5.97 Å². The first kappa shape index (κ1) is 18.9. The molecule has 0 saturated carbocycles. The number of rotatable bonds is 6. The summed E-state index contributed by atoms with van der Waals surface area (Å²) in [5, 5.41) is 3.35. The van der Waals surface area contributed by atoms with Gasteiger partial charge in [-0.15, -0.1) is 0 Å². The van der Waals surface area contributed by atoms with E-state index in [1.165, 1.54) is 0 Å². The van der Waals surface area contributed by atoms with Crippen LogP contribution in [0.4, 0.5) is 17.5 Å². The molecule has 0 atom stereocenters. The van der Waals surface area contributed by atoms with Crippen LogP contribution in [0.5, 0.6) is 0 Å². The fourth-order valence-electron chi connectivity index (χ4n) is 3.37. The molecule has 0 bridgehead atoms. The summed E-state index contributed by atoms with van der Waals surface area (Å²) in [5.41, 5.74) is 3.31. The van der Waals surface area contributed by atoms with Crippen LogP contribution in [0.15, 0.2) is 60.7 Å². The molecule has 0 amide bonds. The van der Waals surface area contributed by atoms with Crippen molar-refractivity contribution in [3.8, 4) is 11.3 Å². The minimum absolute atomic E-state index is 0.316. The zero-order valence-electron chi connectivity index (χ0n) is 16.5. The van der Waals surface area contributed by atoms with E-state index < -0.39 is 0 Å². The van der Waals surface area contributed by atoms with Crippen LogP contribution in [0.25, 0.3) is 11.3 Å². The molecule has 0 spiro atoms. The average Bonchev–Trinajstić information content (AvgIpc) is 3.30. The summed E-state index contributed by atoms with van der Waals surface area (Å²) < 4.78 is 5.04. The van der Waals surface area contributed by atoms with Gasteiger partial charge in [0.05, 0.1) is 17.9 Å². The van der Waals surface area contributed by atoms with Gasteiger partial charge in [-0.25, -0.2) is 9.78 Å². The maximum absolute atomic E-state index is 11.8. The second-order valence-electron chi connectivity index (χ2n) is 6.92. The Morgan fingerprint density at radius 1 is 1.03 bits per heavy atom. The van der Waals surface area contributed by atoms with Crippen molar-refractivity contribution in [3.63, 3.8) is 0 Å². The first-order chi connectivity index (χ1) is 14.2. The van der Waals surface area contributed by atoms with Crippen molar-refractivity contribution in [1.82, 2.24) is 9.97 Å². The summed E-state index contributed by atoms with van der Waals surface area (Å²) >= 11 is 0. The topological polar surface area (TPSA) is 67.3 Å². The molecule has 0 unspecified atom stereocenters. The molecule has 1 aromatic heterocycles. The molecule has 1 fully saturated rings. The largest absolute Gasteiger partial charge is 0.462 e. The highest BCUT2D eigenvalue weighted by Crippen LogP contribution is 2.26. The predicted molar refractivity (Wildman–Crippen MR) is 115 cm³/mol. The molecule has 0 radical (unpaired) electrons. The molecule has 1 N–H and O–H groups in total. The van der Waals surface area contributed by atoms with E-state index in [-0.39, 0.29) is 5.97 Å². The third kappa shape index (κ3) is 4.54. The van der Waals surface area contributed by atoms with Crippen molar-refractivity contribution in [2.45, 2.75) is 19.8 Å². The number of anilines is 3. The van der Waals surface area contributed by atoms with E-state index in [0.717, 1.165) is 54.6 Å². The van der Waals surface area contributed by atoms with Gasteiger partial charge in [0.25, 0.3) is 0 Å². The van der Waals surface area contributed by atoms with Crippen LogP contribution in [-0.4, -0.2) is 35.6 Å². The first-order valence-corrected chi connectivity index (χ1v) is 9.96. The second-order valence-corrected chi connectivity index (χ2v) is 6.92. The summed E-state index contributed by atoms with van der Waals surface area (Å²) in [5.74, 6) is 1.16. The Labute approximate surface area is 170 Å². The lowest BCUT2D eigenvalue weighted by molar-refractivity contribution is 0.0526. The Hall–Kier alpha value is -3.41. The molecule has 6 nitrogen and oxygen atoms in total. The van der Waals surface area contributed by atoms with Gasteiger partial charge < -0.3 is 15.0 Å². The van der Waals surface area contributed by atoms with E-state index in [2.05, 4.69) is 10.2 Å². The number of nitrogens with zero attached hydrogens (tertiary/aromatic N) is 3. The quantitative estimate of drug-likeness (QED) is 0.619. The maximum Gasteiger partial charge on any atom is 0.338 e. The molecule has 148 valence electrons. The minimum Gasteiger partial charge on any atom is -0.462 e. The fourth-order valence-corrected chi connectivity index (χ4v) is 3.37. The number of esters is 1. The van der Waals surface area contributed by atoms with Crippen molar-refractivity contribution < 1.29 is 9.53 Å². The Bertz CT molecular complexity index is 968. The number of aromatic nitrogens is 2. The summed E-state index contributed by atoms with van der Waals surface area (Å²) in [4.78, 5) is 23.6. The van der Waals surface area contributed by atoms with Crippen LogP contribution in [0.1, 0.15) is 30.1 Å². The minimum atomic E-state index is -0.316. The van der Waals surface area contributed by atoms with Gasteiger partial charge in [0.1, 0.15) is 5.82 Å². The smallest absolute Gasteiger partial charge is 0.338 e. The fraction of sp³-hybridized carbons (Fsp3) is 0.261. The standard InChI is InChI=1S/C23H24N4O2/c1-2-29-22(28)18-10-12-19(13-11-18)24-21-16-20(17-8-4-3-5-9-17)25-23(26-21)27-14-6-7-15-27/h3-5,8-13,16H,2,6-7,14-15H2,1H3,(H,24,25,26). The third-order valence-electron chi connectivity index (χ3n) is 4.84. The van der Waals surface area contributed by atoms with E-state index in [1.54, 1.807) is 19.1 Å². The lowest BCUT2D eigenvalue weighted by Gasteiger charge is -2.18. The van der Waals surface area contributed by atoms with Gasteiger partial charge in [0.2, 0.25) is 5.95 Å². The van der Waals surface area contributed by atoms with E-state index in [4.69, 9.17) is 14.7 Å². The molecule has 1 saturated heterocycles. The SMILES string of the molecule is CCOC(=O)c1ccc(Nc2cc(-c3ccccc3)nc(N3CCCC3)n2)cc1. The predicted octanol–water partition coefficient (Wildman–Crippen LogP) is 4.66. The molecule has 1 aliphatic heterocycles. The third-order valence-corrected chi connectivity index (χ3v) is 4.84. The van der Waals surface area contributed by atoms with Crippen molar-refractivity contribution in [2.75, 3.05) is 29.9 Å². The van der Waals surface area contributed by atoms with Crippen LogP contribution in [0.3, 0.4) is 0 Å². The van der Waals surface area contributed by atoms with Gasteiger partial charge in [-0.05, 0) is 44.0 Å². The summed E-state index contributed by atoms with van der Waals surface area (Å²) in [6.07, 6.45) is 2.33. The van der Waals surface area contributed by atoms with E-state index in [1.807, 2.05) is 48.5 Å². The molecule has 1 aliphatic rings. The molecule has 4 rings (SSSR count). The van der Waals surface area contributed by atoms with Gasteiger partial charge in [0.15, 0.2) is 0 Å². The number of carbonyl (C=O) groups is 1. The average molecular weight is 388 g/mol. The summed E-state index contributed by atoms with van der Waals surface area (Å²) in [7, 11) is 0. The van der Waals surface area contributed by atoms with Gasteiger partial charge in [-0.2, -0.15) is 4.98 Å². The molecular formula is C23H24N4O2. The van der Waals surface area contributed by atoms with E-state index in [0.29, 0.717) is 12.2 Å². The normalized spacial score (nSPS) is 13.3. The van der Waals surface area contributed by atoms with E-state index in [9.17, 15) is 4.79 Å². The molecular weight excluding hydrogens is 364 g/mol. The second kappa shape index (κ2) is 8.73. The molecule has 3 aromatic rings. The molecule has 6 heteroatoms. The Morgan fingerprint density at radius 2 is 1.76 bits per heavy atom. The van der Waals surface area contributed by atoms with Crippen LogP contribution in [-0.2, 0) is 4.74 Å². The number of benzene rings is 2. The van der Waals surface area contributed by atoms with Crippen LogP contribution >= 0.6 is 0 Å². The Morgan fingerprint density at radius 3 is 2.45 bits per heavy atom. The molecule has 2 aromatic carbocycles. The number of ether oxygens (including phenoxy) is 1. The van der Waals surface area contributed by atoms with Crippen LogP contribution in [0, 0.1) is 0 Å². The van der Waals surface area contributed by atoms with Crippen LogP contribution < -0.4 is 10.2 Å². The van der Waals surface area contributed by atoms with Crippen molar-refractivity contribution >= 4 is 23.4 Å². The summed E-state index contributed by atoms with van der Waals surface area (Å²) in [6.45, 7) is 4.12. The van der Waals surface area contributed by atoms with Crippen molar-refractivity contribution in [1.29, 1.82) is 0 Å². The van der Waals surface area contributed by atoms with Gasteiger partial charge in [-0.3, -0.25) is 0 Å². The van der Waals surface area contributed by atoms with E-state index >= 15 is 0 Å². The number of nitrogens with one attached hydrogen (secondary N) is 1. The lowest BCUT2D eigenvalue weighted by Crippen LogP contribution is -2.21.